The normalized spacial score (nSPS) is 12.1. The van der Waals surface area contributed by atoms with Crippen molar-refractivity contribution in [2.24, 2.45) is 0 Å². The number of halogens is 1. The van der Waals surface area contributed by atoms with Crippen LogP contribution in [-0.4, -0.2) is 23.0 Å². The summed E-state index contributed by atoms with van der Waals surface area (Å²) in [6.45, 7) is 3.26. The van der Waals surface area contributed by atoms with Crippen LogP contribution in [0.25, 0.3) is 6.08 Å². The van der Waals surface area contributed by atoms with E-state index in [9.17, 15) is 9.59 Å². The Labute approximate surface area is 138 Å². The molecular formula is C16H15ClN2O4. The van der Waals surface area contributed by atoms with Crippen molar-refractivity contribution in [2.45, 2.75) is 20.0 Å². The van der Waals surface area contributed by atoms with E-state index in [0.29, 0.717) is 16.6 Å². The Morgan fingerprint density at radius 1 is 1.35 bits per heavy atom. The minimum absolute atomic E-state index is 0.323. The largest absolute Gasteiger partial charge is 0.462 e. The van der Waals surface area contributed by atoms with Crippen LogP contribution in [0.5, 0.6) is 0 Å². The molecule has 120 valence electrons. The third-order valence-electron chi connectivity index (χ3n) is 2.79. The second-order valence-electron chi connectivity index (χ2n) is 4.71. The molecule has 1 atom stereocenters. The van der Waals surface area contributed by atoms with E-state index < -0.39 is 18.0 Å². The van der Waals surface area contributed by atoms with Gasteiger partial charge in [-0.05, 0) is 44.2 Å². The first-order valence-electron chi connectivity index (χ1n) is 6.81. The van der Waals surface area contributed by atoms with E-state index >= 15 is 0 Å². The summed E-state index contributed by atoms with van der Waals surface area (Å²) in [5.74, 6) is 0.452. The lowest BCUT2D eigenvalue weighted by molar-refractivity contribution is -0.148. The molecule has 0 bridgehead atoms. The first-order chi connectivity index (χ1) is 10.9. The van der Waals surface area contributed by atoms with Crippen molar-refractivity contribution in [1.29, 1.82) is 0 Å². The Morgan fingerprint density at radius 2 is 2.13 bits per heavy atom. The summed E-state index contributed by atoms with van der Waals surface area (Å²) in [6.07, 6.45) is 3.11. The maximum Gasteiger partial charge on any atom is 0.331 e. The number of aromatic nitrogens is 1. The molecule has 6 nitrogen and oxygen atoms in total. The molecule has 0 unspecified atom stereocenters. The van der Waals surface area contributed by atoms with Gasteiger partial charge in [-0.2, -0.15) is 0 Å². The molecule has 2 heterocycles. The van der Waals surface area contributed by atoms with Gasteiger partial charge in [0.05, 0.1) is 5.02 Å². The zero-order chi connectivity index (χ0) is 16.8. The van der Waals surface area contributed by atoms with Gasteiger partial charge in [-0.25, -0.2) is 9.78 Å². The fourth-order valence-electron chi connectivity index (χ4n) is 1.64. The Bertz CT molecular complexity index is 722. The topological polar surface area (TPSA) is 81.4 Å². The van der Waals surface area contributed by atoms with E-state index in [1.165, 1.54) is 25.3 Å². The summed E-state index contributed by atoms with van der Waals surface area (Å²) in [7, 11) is 0. The molecule has 1 amide bonds. The van der Waals surface area contributed by atoms with Crippen LogP contribution >= 0.6 is 11.6 Å². The van der Waals surface area contributed by atoms with E-state index in [4.69, 9.17) is 20.8 Å². The molecule has 1 N–H and O–H groups in total. The molecule has 2 rings (SSSR count). The highest BCUT2D eigenvalue weighted by molar-refractivity contribution is 6.30. The fourth-order valence-corrected chi connectivity index (χ4v) is 1.75. The minimum atomic E-state index is -0.969. The van der Waals surface area contributed by atoms with Crippen LogP contribution in [0.4, 0.5) is 5.82 Å². The number of hydrogen-bond donors (Lipinski definition) is 1. The Hall–Kier alpha value is -2.60. The predicted molar refractivity (Wildman–Crippen MR) is 85.9 cm³/mol. The zero-order valence-corrected chi connectivity index (χ0v) is 13.3. The van der Waals surface area contributed by atoms with Crippen LogP contribution in [0.15, 0.2) is 41.0 Å². The highest BCUT2D eigenvalue weighted by Crippen LogP contribution is 2.11. The van der Waals surface area contributed by atoms with Crippen molar-refractivity contribution in [3.8, 4) is 0 Å². The number of hydrogen-bond acceptors (Lipinski definition) is 5. The number of carbonyl (C=O) groups excluding carboxylic acids is 2. The van der Waals surface area contributed by atoms with Crippen molar-refractivity contribution in [3.63, 3.8) is 0 Å². The average molecular weight is 335 g/mol. The summed E-state index contributed by atoms with van der Waals surface area (Å²) >= 11 is 5.71. The van der Waals surface area contributed by atoms with Crippen molar-refractivity contribution in [1.82, 2.24) is 4.98 Å². The summed E-state index contributed by atoms with van der Waals surface area (Å²) in [4.78, 5) is 27.5. The number of amides is 1. The summed E-state index contributed by atoms with van der Waals surface area (Å²) in [6, 6.07) is 6.64. The van der Waals surface area contributed by atoms with Gasteiger partial charge in [0.1, 0.15) is 17.3 Å². The number of anilines is 1. The van der Waals surface area contributed by atoms with Crippen molar-refractivity contribution >= 4 is 35.4 Å². The van der Waals surface area contributed by atoms with Gasteiger partial charge < -0.3 is 14.5 Å². The third kappa shape index (κ3) is 5.27. The van der Waals surface area contributed by atoms with Crippen molar-refractivity contribution in [3.05, 3.63) is 53.1 Å². The van der Waals surface area contributed by atoms with Gasteiger partial charge in [0.2, 0.25) is 0 Å². The lowest BCUT2D eigenvalue weighted by Gasteiger charge is -2.11. The highest BCUT2D eigenvalue weighted by atomic mass is 35.5. The molecule has 0 spiro atoms. The van der Waals surface area contributed by atoms with Gasteiger partial charge in [0.25, 0.3) is 5.91 Å². The molecule has 0 aliphatic heterocycles. The maximum absolute atomic E-state index is 11.9. The first kappa shape index (κ1) is 16.8. The number of furan rings is 1. The molecule has 0 saturated carbocycles. The fraction of sp³-hybridized carbons (Fsp3) is 0.188. The molecule has 2 aromatic heterocycles. The smallest absolute Gasteiger partial charge is 0.331 e. The molecule has 0 aromatic carbocycles. The van der Waals surface area contributed by atoms with Gasteiger partial charge in [0.15, 0.2) is 6.10 Å². The molecule has 23 heavy (non-hydrogen) atoms. The van der Waals surface area contributed by atoms with Crippen molar-refractivity contribution < 1.29 is 18.7 Å². The molecule has 2 aromatic rings. The second-order valence-corrected chi connectivity index (χ2v) is 5.15. The Balaban J connectivity index is 1.86. The van der Waals surface area contributed by atoms with Crippen molar-refractivity contribution in [2.75, 3.05) is 5.32 Å². The third-order valence-corrected chi connectivity index (χ3v) is 3.01. The van der Waals surface area contributed by atoms with Crippen LogP contribution in [-0.2, 0) is 14.3 Å². The maximum atomic E-state index is 11.9. The lowest BCUT2D eigenvalue weighted by atomic mass is 10.3. The van der Waals surface area contributed by atoms with Crippen LogP contribution in [0.1, 0.15) is 18.4 Å². The highest BCUT2D eigenvalue weighted by Gasteiger charge is 2.17. The molecule has 0 aliphatic rings. The van der Waals surface area contributed by atoms with E-state index in [0.717, 1.165) is 5.76 Å². The SMILES string of the molecule is Cc1ccc(/C=C/C(=O)O[C@H](C)C(=O)Nc2ccc(Cl)cn2)o1. The van der Waals surface area contributed by atoms with Gasteiger partial charge >= 0.3 is 5.97 Å². The molecule has 0 aliphatic carbocycles. The quantitative estimate of drug-likeness (QED) is 0.670. The van der Waals surface area contributed by atoms with Gasteiger partial charge in [0, 0.05) is 12.3 Å². The number of nitrogens with one attached hydrogen (secondary N) is 1. The number of rotatable bonds is 5. The number of nitrogens with zero attached hydrogens (tertiary/aromatic N) is 1. The molecule has 0 saturated heterocycles. The van der Waals surface area contributed by atoms with Crippen LogP contribution in [0.3, 0.4) is 0 Å². The monoisotopic (exact) mass is 334 g/mol. The first-order valence-corrected chi connectivity index (χ1v) is 7.19. The molecule has 7 heteroatoms. The van der Waals surface area contributed by atoms with Crippen LogP contribution < -0.4 is 5.32 Å². The molecule has 0 radical (unpaired) electrons. The summed E-state index contributed by atoms with van der Waals surface area (Å²) in [5, 5.41) is 2.98. The van der Waals surface area contributed by atoms with Gasteiger partial charge in [-0.15, -0.1) is 0 Å². The lowest BCUT2D eigenvalue weighted by Crippen LogP contribution is -2.29. The molecular weight excluding hydrogens is 320 g/mol. The summed E-state index contributed by atoms with van der Waals surface area (Å²) in [5.41, 5.74) is 0. The summed E-state index contributed by atoms with van der Waals surface area (Å²) < 4.78 is 10.3. The standard InChI is InChI=1S/C16H15ClN2O4/c1-10-3-5-13(22-10)6-8-15(20)23-11(2)16(21)19-14-7-4-12(17)9-18-14/h3-9,11H,1-2H3,(H,18,19,21)/b8-6+/t11-/m1/s1. The minimum Gasteiger partial charge on any atom is -0.462 e. The van der Waals surface area contributed by atoms with Crippen LogP contribution in [0, 0.1) is 6.92 Å². The van der Waals surface area contributed by atoms with E-state index in [2.05, 4.69) is 10.3 Å². The molecule has 0 fully saturated rings. The predicted octanol–water partition coefficient (Wildman–Crippen LogP) is 3.22. The number of pyridine rings is 1. The van der Waals surface area contributed by atoms with E-state index in [-0.39, 0.29) is 0 Å². The zero-order valence-electron chi connectivity index (χ0n) is 12.6. The van der Waals surface area contributed by atoms with Gasteiger partial charge in [-0.3, -0.25) is 4.79 Å². The Kier molecular flexibility index (Phi) is 5.54. The number of aryl methyl sites for hydroxylation is 1. The second kappa shape index (κ2) is 7.60. The van der Waals surface area contributed by atoms with E-state index in [1.807, 2.05) is 0 Å². The van der Waals surface area contributed by atoms with Crippen LogP contribution in [0.2, 0.25) is 5.02 Å². The average Bonchev–Trinajstić information content (AvgIpc) is 2.93. The number of ether oxygens (including phenoxy) is 1. The Morgan fingerprint density at radius 3 is 2.74 bits per heavy atom. The number of carbonyl (C=O) groups is 2. The van der Waals surface area contributed by atoms with E-state index in [1.54, 1.807) is 31.2 Å². The van der Waals surface area contributed by atoms with Gasteiger partial charge in [-0.1, -0.05) is 11.6 Å². The number of esters is 1.